The van der Waals surface area contributed by atoms with E-state index in [1.807, 2.05) is 0 Å². The molecule has 0 heterocycles. The second-order valence-corrected chi connectivity index (χ2v) is 9.23. The monoisotopic (exact) mass is 544 g/mol. The van der Waals surface area contributed by atoms with Gasteiger partial charge in [-0.15, -0.1) is 0 Å². The lowest BCUT2D eigenvalue weighted by molar-refractivity contribution is -0.143. The maximum atomic E-state index is 11.4. The van der Waals surface area contributed by atoms with Crippen LogP contribution in [0.5, 0.6) is 23.0 Å². The van der Waals surface area contributed by atoms with Crippen LogP contribution in [0.1, 0.15) is 27.7 Å². The van der Waals surface area contributed by atoms with E-state index in [-0.39, 0.29) is 37.6 Å². The Morgan fingerprint density at radius 1 is 0.667 bits per heavy atom. The van der Waals surface area contributed by atoms with E-state index in [0.717, 1.165) is 0 Å². The topological polar surface area (TPSA) is 130 Å². The minimum atomic E-state index is -1.02. The van der Waals surface area contributed by atoms with Crippen LogP contribution in [0.15, 0.2) is 72.8 Å². The van der Waals surface area contributed by atoms with Crippen molar-refractivity contribution in [2.75, 3.05) is 26.4 Å². The zero-order valence-electron chi connectivity index (χ0n) is 22.7. The lowest BCUT2D eigenvalue weighted by Gasteiger charge is -2.27. The summed E-state index contributed by atoms with van der Waals surface area (Å²) in [4.78, 5) is 22.8. The molecule has 0 aliphatic carbocycles. The molecule has 0 bridgehead atoms. The molecule has 0 aliphatic heterocycles. The zero-order chi connectivity index (χ0) is 29.0. The van der Waals surface area contributed by atoms with Gasteiger partial charge in [-0.2, -0.15) is 0 Å². The van der Waals surface area contributed by atoms with Crippen LogP contribution >= 0.6 is 0 Å². The first-order chi connectivity index (χ1) is 18.3. The third-order valence-corrected chi connectivity index (χ3v) is 4.77. The fraction of sp³-hybridized carbons (Fsp3) is 0.379. The van der Waals surface area contributed by atoms with Gasteiger partial charge in [0.25, 0.3) is 0 Å². The van der Waals surface area contributed by atoms with Crippen molar-refractivity contribution in [3.05, 3.63) is 72.8 Å². The Morgan fingerprint density at radius 2 is 0.974 bits per heavy atom. The number of rotatable bonds is 16. The van der Waals surface area contributed by atoms with E-state index in [4.69, 9.17) is 28.4 Å². The van der Waals surface area contributed by atoms with Crippen molar-refractivity contribution < 1.29 is 48.2 Å². The van der Waals surface area contributed by atoms with E-state index in [1.165, 1.54) is 13.8 Å². The number of ether oxygens (including phenoxy) is 6. The maximum absolute atomic E-state index is 11.4. The maximum Gasteiger partial charge on any atom is 0.333 e. The highest BCUT2D eigenvalue weighted by Gasteiger charge is 2.22. The Morgan fingerprint density at radius 3 is 1.28 bits per heavy atom. The molecule has 2 atom stereocenters. The summed E-state index contributed by atoms with van der Waals surface area (Å²) in [6.45, 7) is 13.0. The van der Waals surface area contributed by atoms with Gasteiger partial charge in [-0.3, -0.25) is 0 Å². The van der Waals surface area contributed by atoms with Crippen LogP contribution in [0, 0.1) is 0 Å². The number of esters is 2. The molecule has 39 heavy (non-hydrogen) atoms. The molecule has 0 amide bonds. The van der Waals surface area contributed by atoms with Crippen molar-refractivity contribution in [1.82, 2.24) is 0 Å². The van der Waals surface area contributed by atoms with Crippen molar-refractivity contribution in [2.24, 2.45) is 0 Å². The second kappa shape index (κ2) is 14.8. The summed E-state index contributed by atoms with van der Waals surface area (Å²) in [5.41, 5.74) is 0.509. The van der Waals surface area contributed by atoms with Gasteiger partial charge in [0.2, 0.25) is 5.79 Å². The molecule has 0 fully saturated rings. The Labute approximate surface area is 228 Å². The van der Waals surface area contributed by atoms with Gasteiger partial charge in [-0.05, 0) is 62.4 Å². The van der Waals surface area contributed by atoms with Crippen LogP contribution in [0.3, 0.4) is 0 Å². The molecule has 0 aromatic heterocycles. The fourth-order valence-corrected chi connectivity index (χ4v) is 2.87. The van der Waals surface area contributed by atoms with E-state index in [9.17, 15) is 19.8 Å². The number of hydrogen-bond donors (Lipinski definition) is 2. The quantitative estimate of drug-likeness (QED) is 0.184. The van der Waals surface area contributed by atoms with E-state index in [1.54, 1.807) is 62.4 Å². The first-order valence-electron chi connectivity index (χ1n) is 12.2. The van der Waals surface area contributed by atoms with Crippen molar-refractivity contribution in [1.29, 1.82) is 0 Å². The van der Waals surface area contributed by atoms with Crippen LogP contribution in [0.2, 0.25) is 0 Å². The minimum absolute atomic E-state index is 0.0561. The molecule has 2 aromatic carbocycles. The van der Waals surface area contributed by atoms with Crippen molar-refractivity contribution in [3.63, 3.8) is 0 Å². The van der Waals surface area contributed by atoms with Crippen molar-refractivity contribution in [3.8, 4) is 23.0 Å². The van der Waals surface area contributed by atoms with E-state index < -0.39 is 29.9 Å². The Balaban J connectivity index is 1.78. The average molecular weight is 545 g/mol. The van der Waals surface area contributed by atoms with Crippen molar-refractivity contribution in [2.45, 2.75) is 45.7 Å². The number of aliphatic hydroxyl groups is 2. The predicted octanol–water partition coefficient (Wildman–Crippen LogP) is 3.60. The highest BCUT2D eigenvalue weighted by Crippen LogP contribution is 2.26. The molecule has 2 aromatic rings. The predicted molar refractivity (Wildman–Crippen MR) is 143 cm³/mol. The second-order valence-electron chi connectivity index (χ2n) is 9.23. The van der Waals surface area contributed by atoms with Crippen LogP contribution in [-0.4, -0.2) is 66.6 Å². The SMILES string of the molecule is C=C(C)C(=O)OCC(O)COc1ccc(OC(C)(C)Oc2ccc(OCC(O)COC(=O)C(=C)C)cc2)cc1. The summed E-state index contributed by atoms with van der Waals surface area (Å²) >= 11 is 0. The Hall–Kier alpha value is -4.02. The van der Waals surface area contributed by atoms with Gasteiger partial charge in [-0.1, -0.05) is 13.2 Å². The molecule has 2 rings (SSSR count). The lowest BCUT2D eigenvalue weighted by Crippen LogP contribution is -2.35. The Bertz CT molecular complexity index is 1020. The number of carbonyl (C=O) groups excluding carboxylic acids is 2. The van der Waals surface area contributed by atoms with E-state index >= 15 is 0 Å². The average Bonchev–Trinajstić information content (AvgIpc) is 2.88. The third-order valence-electron chi connectivity index (χ3n) is 4.77. The normalized spacial score (nSPS) is 12.5. The molecule has 2 unspecified atom stereocenters. The molecule has 212 valence electrons. The minimum Gasteiger partial charge on any atom is -0.491 e. The van der Waals surface area contributed by atoms with Gasteiger partial charge in [0.1, 0.15) is 61.6 Å². The highest BCUT2D eigenvalue weighted by molar-refractivity contribution is 5.87. The molecular weight excluding hydrogens is 508 g/mol. The Kier molecular flexibility index (Phi) is 11.8. The van der Waals surface area contributed by atoms with Gasteiger partial charge in [0.05, 0.1) is 0 Å². The van der Waals surface area contributed by atoms with E-state index in [2.05, 4.69) is 13.2 Å². The van der Waals surface area contributed by atoms with Crippen LogP contribution in [-0.2, 0) is 19.1 Å². The van der Waals surface area contributed by atoms with Gasteiger partial charge in [0.15, 0.2) is 0 Å². The van der Waals surface area contributed by atoms with Gasteiger partial charge in [-0.25, -0.2) is 9.59 Å². The largest absolute Gasteiger partial charge is 0.491 e. The molecule has 10 heteroatoms. The first-order valence-corrected chi connectivity index (χ1v) is 12.2. The highest BCUT2D eigenvalue weighted by atomic mass is 16.7. The fourth-order valence-electron chi connectivity index (χ4n) is 2.87. The summed E-state index contributed by atoms with van der Waals surface area (Å²) in [6.07, 6.45) is -1.96. The molecular formula is C29H36O10. The zero-order valence-corrected chi connectivity index (χ0v) is 22.7. The number of benzene rings is 2. The number of aliphatic hydroxyl groups excluding tert-OH is 2. The summed E-state index contributed by atoms with van der Waals surface area (Å²) in [5.74, 6) is -0.0889. The molecule has 0 saturated carbocycles. The summed E-state index contributed by atoms with van der Waals surface area (Å²) < 4.78 is 32.7. The summed E-state index contributed by atoms with van der Waals surface area (Å²) in [6, 6.07) is 13.5. The molecule has 2 N–H and O–H groups in total. The first kappa shape index (κ1) is 31.2. The lowest BCUT2D eigenvalue weighted by atomic mass is 10.3. The molecule has 10 nitrogen and oxygen atoms in total. The van der Waals surface area contributed by atoms with Crippen LogP contribution < -0.4 is 18.9 Å². The molecule has 0 aliphatic rings. The van der Waals surface area contributed by atoms with Crippen molar-refractivity contribution >= 4 is 11.9 Å². The third kappa shape index (κ3) is 11.9. The van der Waals surface area contributed by atoms with Crippen LogP contribution in [0.4, 0.5) is 0 Å². The molecule has 0 radical (unpaired) electrons. The standard InChI is InChI=1S/C29H36O10/c1-19(2)27(32)36-17-21(30)15-34-23-7-11-25(12-8-23)38-29(5,6)39-26-13-9-24(10-14-26)35-16-22(31)18-37-28(33)20(3)4/h7-14,21-22,30-31H,1,3,15-18H2,2,4-6H3. The summed E-state index contributed by atoms with van der Waals surface area (Å²) in [5, 5.41) is 19.8. The van der Waals surface area contributed by atoms with Gasteiger partial charge >= 0.3 is 11.9 Å². The summed E-state index contributed by atoms with van der Waals surface area (Å²) in [7, 11) is 0. The van der Waals surface area contributed by atoms with Gasteiger partial charge < -0.3 is 38.6 Å². The van der Waals surface area contributed by atoms with Gasteiger partial charge in [0, 0.05) is 25.0 Å². The molecule has 0 spiro atoms. The smallest absolute Gasteiger partial charge is 0.333 e. The van der Waals surface area contributed by atoms with E-state index in [0.29, 0.717) is 23.0 Å². The van der Waals surface area contributed by atoms with Crippen LogP contribution in [0.25, 0.3) is 0 Å². The number of carbonyl (C=O) groups is 2. The number of hydrogen-bond acceptors (Lipinski definition) is 10. The molecule has 0 saturated heterocycles.